The second kappa shape index (κ2) is 4.67. The SMILES string of the molecule is c1ccc2c(c1)SCc1nnc(C3CCCCC3)n1-2. The second-order valence-electron chi connectivity index (χ2n) is 5.40. The molecule has 1 fully saturated rings. The highest BCUT2D eigenvalue weighted by atomic mass is 32.2. The Morgan fingerprint density at radius 2 is 1.89 bits per heavy atom. The maximum Gasteiger partial charge on any atom is 0.148 e. The van der Waals surface area contributed by atoms with Gasteiger partial charge in [0.1, 0.15) is 11.6 Å². The summed E-state index contributed by atoms with van der Waals surface area (Å²) in [6.07, 6.45) is 6.59. The van der Waals surface area contributed by atoms with Crippen LogP contribution in [0.4, 0.5) is 0 Å². The van der Waals surface area contributed by atoms with Crippen LogP contribution in [0.1, 0.15) is 49.7 Å². The fraction of sp³-hybridized carbons (Fsp3) is 0.467. The average molecular weight is 271 g/mol. The van der Waals surface area contributed by atoms with Crippen molar-refractivity contribution in [2.75, 3.05) is 0 Å². The number of nitrogens with zero attached hydrogens (tertiary/aromatic N) is 3. The normalized spacial score (nSPS) is 18.9. The zero-order chi connectivity index (χ0) is 12.7. The summed E-state index contributed by atoms with van der Waals surface area (Å²) in [5.41, 5.74) is 1.28. The topological polar surface area (TPSA) is 30.7 Å². The minimum absolute atomic E-state index is 0.603. The summed E-state index contributed by atoms with van der Waals surface area (Å²) in [5, 5.41) is 8.94. The number of aromatic nitrogens is 3. The summed E-state index contributed by atoms with van der Waals surface area (Å²) in [4.78, 5) is 1.35. The Labute approximate surface area is 117 Å². The maximum absolute atomic E-state index is 4.52. The number of benzene rings is 1. The lowest BCUT2D eigenvalue weighted by molar-refractivity contribution is 0.424. The molecule has 0 N–H and O–H groups in total. The Morgan fingerprint density at radius 3 is 2.79 bits per heavy atom. The van der Waals surface area contributed by atoms with Gasteiger partial charge in [-0.25, -0.2) is 0 Å². The Hall–Kier alpha value is -1.29. The Kier molecular flexibility index (Phi) is 2.84. The van der Waals surface area contributed by atoms with Crippen molar-refractivity contribution in [2.24, 2.45) is 0 Å². The minimum atomic E-state index is 0.603. The Balaban J connectivity index is 1.82. The van der Waals surface area contributed by atoms with Gasteiger partial charge in [0.15, 0.2) is 0 Å². The van der Waals surface area contributed by atoms with Gasteiger partial charge in [0.05, 0.1) is 11.4 Å². The summed E-state index contributed by atoms with van der Waals surface area (Å²) in [7, 11) is 0. The molecule has 1 aromatic carbocycles. The standard InChI is InChI=1S/C15H17N3S/c1-2-6-11(7-3-1)15-17-16-14-10-19-13-9-5-4-8-12(13)18(14)15/h4-5,8-9,11H,1-3,6-7,10H2. The fourth-order valence-corrected chi connectivity index (χ4v) is 4.17. The van der Waals surface area contributed by atoms with E-state index in [0.29, 0.717) is 5.92 Å². The lowest BCUT2D eigenvalue weighted by Crippen LogP contribution is -2.14. The van der Waals surface area contributed by atoms with Crippen LogP contribution in [0.15, 0.2) is 29.2 Å². The predicted octanol–water partition coefficient (Wildman–Crippen LogP) is 3.92. The lowest BCUT2D eigenvalue weighted by Gasteiger charge is -2.24. The van der Waals surface area contributed by atoms with Crippen LogP contribution in [-0.4, -0.2) is 14.8 Å². The number of para-hydroxylation sites is 1. The third-order valence-corrected chi connectivity index (χ3v) is 5.25. The van der Waals surface area contributed by atoms with Crippen molar-refractivity contribution < 1.29 is 0 Å². The summed E-state index contributed by atoms with van der Waals surface area (Å²) >= 11 is 1.87. The third kappa shape index (κ3) is 1.89. The van der Waals surface area contributed by atoms with E-state index in [0.717, 1.165) is 11.6 Å². The van der Waals surface area contributed by atoms with Crippen molar-refractivity contribution >= 4 is 11.8 Å². The molecule has 0 unspecified atom stereocenters. The van der Waals surface area contributed by atoms with Crippen molar-refractivity contribution in [3.05, 3.63) is 35.9 Å². The maximum atomic E-state index is 4.52. The largest absolute Gasteiger partial charge is 0.281 e. The van der Waals surface area contributed by atoms with Gasteiger partial charge in [-0.2, -0.15) is 0 Å². The molecule has 1 aliphatic heterocycles. The zero-order valence-electron chi connectivity index (χ0n) is 10.9. The molecule has 2 aromatic rings. The highest BCUT2D eigenvalue weighted by Crippen LogP contribution is 2.39. The quantitative estimate of drug-likeness (QED) is 0.787. The van der Waals surface area contributed by atoms with Gasteiger partial charge in [-0.05, 0) is 25.0 Å². The predicted molar refractivity (Wildman–Crippen MR) is 76.7 cm³/mol. The van der Waals surface area contributed by atoms with Crippen LogP contribution < -0.4 is 0 Å². The van der Waals surface area contributed by atoms with Gasteiger partial charge in [0.25, 0.3) is 0 Å². The second-order valence-corrected chi connectivity index (χ2v) is 6.42. The van der Waals surface area contributed by atoms with Crippen LogP contribution in [0.25, 0.3) is 5.69 Å². The monoisotopic (exact) mass is 271 g/mol. The first-order valence-electron chi connectivity index (χ1n) is 7.10. The number of hydrogen-bond acceptors (Lipinski definition) is 3. The third-order valence-electron chi connectivity index (χ3n) is 4.19. The number of rotatable bonds is 1. The van der Waals surface area contributed by atoms with Crippen molar-refractivity contribution in [3.8, 4) is 5.69 Å². The molecule has 0 bridgehead atoms. The molecule has 1 aliphatic carbocycles. The van der Waals surface area contributed by atoms with E-state index in [2.05, 4.69) is 39.0 Å². The van der Waals surface area contributed by atoms with Gasteiger partial charge < -0.3 is 0 Å². The molecule has 1 aromatic heterocycles. The molecule has 2 heterocycles. The molecule has 0 atom stereocenters. The van der Waals surface area contributed by atoms with Crippen LogP contribution in [0.2, 0.25) is 0 Å². The smallest absolute Gasteiger partial charge is 0.148 e. The summed E-state index contributed by atoms with van der Waals surface area (Å²) < 4.78 is 2.32. The lowest BCUT2D eigenvalue weighted by atomic mass is 9.88. The van der Waals surface area contributed by atoms with E-state index >= 15 is 0 Å². The van der Waals surface area contributed by atoms with Crippen molar-refractivity contribution in [2.45, 2.75) is 48.7 Å². The van der Waals surface area contributed by atoms with E-state index in [4.69, 9.17) is 0 Å². The first-order chi connectivity index (χ1) is 9.43. The molecule has 0 amide bonds. The zero-order valence-corrected chi connectivity index (χ0v) is 11.7. The van der Waals surface area contributed by atoms with E-state index < -0.39 is 0 Å². The molecule has 3 nitrogen and oxygen atoms in total. The van der Waals surface area contributed by atoms with Crippen molar-refractivity contribution in [1.29, 1.82) is 0 Å². The molecule has 2 aliphatic rings. The highest BCUT2D eigenvalue weighted by Gasteiger charge is 2.27. The van der Waals surface area contributed by atoms with Gasteiger partial charge in [-0.1, -0.05) is 31.4 Å². The number of thioether (sulfide) groups is 1. The average Bonchev–Trinajstić information content (AvgIpc) is 2.92. The Morgan fingerprint density at radius 1 is 1.05 bits per heavy atom. The van der Waals surface area contributed by atoms with Gasteiger partial charge in [0, 0.05) is 10.8 Å². The van der Waals surface area contributed by atoms with Gasteiger partial charge in [-0.15, -0.1) is 22.0 Å². The first-order valence-corrected chi connectivity index (χ1v) is 8.08. The summed E-state index contributed by atoms with van der Waals surface area (Å²) in [5.74, 6) is 3.86. The van der Waals surface area contributed by atoms with E-state index in [1.165, 1.54) is 48.5 Å². The van der Waals surface area contributed by atoms with Crippen LogP contribution in [-0.2, 0) is 5.75 Å². The van der Waals surface area contributed by atoms with Gasteiger partial charge in [0.2, 0.25) is 0 Å². The minimum Gasteiger partial charge on any atom is -0.281 e. The molecule has 0 spiro atoms. The molecular formula is C15H17N3S. The first kappa shape index (κ1) is 11.5. The van der Waals surface area contributed by atoms with E-state index in [1.807, 2.05) is 11.8 Å². The van der Waals surface area contributed by atoms with Crippen LogP contribution in [0.3, 0.4) is 0 Å². The molecular weight excluding hydrogens is 254 g/mol. The summed E-state index contributed by atoms with van der Waals surface area (Å²) in [6, 6.07) is 8.62. The van der Waals surface area contributed by atoms with Crippen molar-refractivity contribution in [3.63, 3.8) is 0 Å². The molecule has 4 heteroatoms. The van der Waals surface area contributed by atoms with Crippen LogP contribution in [0.5, 0.6) is 0 Å². The molecule has 0 saturated heterocycles. The van der Waals surface area contributed by atoms with E-state index in [-0.39, 0.29) is 0 Å². The van der Waals surface area contributed by atoms with Crippen LogP contribution >= 0.6 is 11.8 Å². The van der Waals surface area contributed by atoms with Crippen LogP contribution in [0, 0.1) is 0 Å². The molecule has 1 saturated carbocycles. The summed E-state index contributed by atoms with van der Waals surface area (Å²) in [6.45, 7) is 0. The molecule has 4 rings (SSSR count). The molecule has 19 heavy (non-hydrogen) atoms. The van der Waals surface area contributed by atoms with Crippen molar-refractivity contribution in [1.82, 2.24) is 14.8 Å². The highest BCUT2D eigenvalue weighted by molar-refractivity contribution is 7.98. The number of hydrogen-bond donors (Lipinski definition) is 0. The van der Waals surface area contributed by atoms with Gasteiger partial charge >= 0.3 is 0 Å². The van der Waals surface area contributed by atoms with E-state index in [9.17, 15) is 0 Å². The molecule has 98 valence electrons. The number of fused-ring (bicyclic) bond motifs is 3. The molecule has 0 radical (unpaired) electrons. The Bertz CT molecular complexity index is 599. The van der Waals surface area contributed by atoms with Gasteiger partial charge in [-0.3, -0.25) is 4.57 Å². The van der Waals surface area contributed by atoms with E-state index in [1.54, 1.807) is 0 Å². The fourth-order valence-electron chi connectivity index (χ4n) is 3.22.